The molecule has 28 heavy (non-hydrogen) atoms. The number of carbonyl (C=O) groups is 1. The highest BCUT2D eigenvalue weighted by Gasteiger charge is 2.20. The number of carbonyl (C=O) groups excluding carboxylic acids is 1. The fourth-order valence-electron chi connectivity index (χ4n) is 3.11. The van der Waals surface area contributed by atoms with Crippen LogP contribution in [-0.2, 0) is 11.2 Å². The molecule has 9 heteroatoms. The van der Waals surface area contributed by atoms with Crippen molar-refractivity contribution in [3.8, 4) is 0 Å². The Bertz CT molecular complexity index is 1200. The number of hydrogen-bond donors (Lipinski definition) is 2. The summed E-state index contributed by atoms with van der Waals surface area (Å²) >= 11 is 1.30. The summed E-state index contributed by atoms with van der Waals surface area (Å²) in [5.41, 5.74) is 2.20. The number of fused-ring (bicyclic) bond motifs is 2. The van der Waals surface area contributed by atoms with Crippen LogP contribution in [0.1, 0.15) is 26.9 Å². The van der Waals surface area contributed by atoms with Crippen LogP contribution in [0.15, 0.2) is 18.2 Å². The van der Waals surface area contributed by atoms with E-state index in [0.717, 1.165) is 27.1 Å². The topological polar surface area (TPSA) is 92.8 Å². The number of nitrogens with zero attached hydrogens (tertiary/aromatic N) is 3. The van der Waals surface area contributed by atoms with Crippen molar-refractivity contribution in [2.75, 3.05) is 19.0 Å². The molecule has 0 saturated carbocycles. The van der Waals surface area contributed by atoms with Gasteiger partial charge in [0.05, 0.1) is 23.5 Å². The number of halogens is 1. The third-order valence-electron chi connectivity index (χ3n) is 4.42. The predicted molar refractivity (Wildman–Crippen MR) is 106 cm³/mol. The Morgan fingerprint density at radius 1 is 1.29 bits per heavy atom. The van der Waals surface area contributed by atoms with Gasteiger partial charge in [0.15, 0.2) is 0 Å². The predicted octanol–water partition coefficient (Wildman–Crippen LogP) is 3.76. The fraction of sp³-hybridized carbons (Fsp3) is 0.263. The van der Waals surface area contributed by atoms with Crippen LogP contribution in [0.2, 0.25) is 0 Å². The molecule has 3 aromatic heterocycles. The molecule has 0 aliphatic rings. The molecule has 4 rings (SSSR count). The second kappa shape index (κ2) is 7.16. The average molecular weight is 399 g/mol. The minimum atomic E-state index is -0.376. The number of imidazole rings is 1. The molecule has 0 aliphatic heterocycles. The van der Waals surface area contributed by atoms with Gasteiger partial charge in [0.25, 0.3) is 0 Å². The highest BCUT2D eigenvalue weighted by atomic mass is 32.1. The molecule has 0 unspecified atom stereocenters. The highest BCUT2D eigenvalue weighted by Crippen LogP contribution is 2.34. The van der Waals surface area contributed by atoms with E-state index < -0.39 is 0 Å². The molecule has 0 atom stereocenters. The summed E-state index contributed by atoms with van der Waals surface area (Å²) < 4.78 is 18.2. The normalized spacial score (nSPS) is 11.3. The van der Waals surface area contributed by atoms with E-state index in [9.17, 15) is 9.18 Å². The van der Waals surface area contributed by atoms with Crippen LogP contribution in [0, 0.1) is 19.7 Å². The van der Waals surface area contributed by atoms with Crippen molar-refractivity contribution in [1.29, 1.82) is 0 Å². The number of hydrogen-bond acceptors (Lipinski definition) is 7. The van der Waals surface area contributed by atoms with Gasteiger partial charge in [-0.25, -0.2) is 24.1 Å². The fourth-order valence-corrected chi connectivity index (χ4v) is 4.26. The molecule has 4 aromatic rings. The lowest BCUT2D eigenvalue weighted by Gasteiger charge is -2.07. The van der Waals surface area contributed by atoms with E-state index >= 15 is 0 Å². The van der Waals surface area contributed by atoms with Gasteiger partial charge in [0.1, 0.15) is 33.0 Å². The number of nitrogens with one attached hydrogen (secondary N) is 2. The maximum absolute atomic E-state index is 13.3. The molecular formula is C19H18FN5O2S. The number of aromatic nitrogens is 4. The van der Waals surface area contributed by atoms with Crippen molar-refractivity contribution in [3.05, 3.63) is 46.1 Å². The summed E-state index contributed by atoms with van der Waals surface area (Å²) in [6.07, 6.45) is 0.605. The average Bonchev–Trinajstić information content (AvgIpc) is 3.21. The molecule has 0 amide bonds. The molecule has 0 fully saturated rings. The lowest BCUT2D eigenvalue weighted by atomic mass is 10.2. The van der Waals surface area contributed by atoms with Gasteiger partial charge >= 0.3 is 5.97 Å². The molecule has 0 radical (unpaired) electrons. The van der Waals surface area contributed by atoms with E-state index in [1.165, 1.54) is 30.6 Å². The minimum absolute atomic E-state index is 0.297. The zero-order chi connectivity index (χ0) is 19.8. The van der Waals surface area contributed by atoms with Crippen molar-refractivity contribution in [3.63, 3.8) is 0 Å². The van der Waals surface area contributed by atoms with Crippen molar-refractivity contribution in [1.82, 2.24) is 19.9 Å². The smallest absolute Gasteiger partial charge is 0.348 e. The minimum Gasteiger partial charge on any atom is -0.465 e. The Kier molecular flexibility index (Phi) is 4.68. The second-order valence-corrected chi connectivity index (χ2v) is 7.37. The van der Waals surface area contributed by atoms with Gasteiger partial charge in [0.2, 0.25) is 0 Å². The van der Waals surface area contributed by atoms with E-state index in [0.29, 0.717) is 35.0 Å². The molecule has 0 bridgehead atoms. The van der Waals surface area contributed by atoms with E-state index in [4.69, 9.17) is 4.74 Å². The number of H-pyrrole nitrogens is 1. The Balaban J connectivity index is 1.58. The summed E-state index contributed by atoms with van der Waals surface area (Å²) in [5.74, 6) is 1.38. The van der Waals surface area contributed by atoms with Gasteiger partial charge in [-0.15, -0.1) is 11.3 Å². The summed E-state index contributed by atoms with van der Waals surface area (Å²) in [7, 11) is 1.36. The molecule has 0 saturated heterocycles. The van der Waals surface area contributed by atoms with Gasteiger partial charge in [-0.05, 0) is 37.6 Å². The first-order chi connectivity index (χ1) is 13.5. The SMILES string of the molecule is COC(=O)c1sc2nc(C)nc(NCCc3nc4ccc(F)cc4[nH]3)c2c1C. The van der Waals surface area contributed by atoms with E-state index in [1.54, 1.807) is 6.07 Å². The van der Waals surface area contributed by atoms with Crippen molar-refractivity contribution in [2.24, 2.45) is 0 Å². The molecule has 0 spiro atoms. The third kappa shape index (κ3) is 3.29. The molecule has 0 aliphatic carbocycles. The standard InChI is InChI=1S/C19H18FN5O2S/c1-9-15-17(22-10(2)23-18(15)28-16(9)19(26)27-3)21-7-6-14-24-12-5-4-11(20)8-13(12)25-14/h4-5,8H,6-7H2,1-3H3,(H,24,25)(H,21,22,23). The van der Waals surface area contributed by atoms with E-state index in [2.05, 4.69) is 25.3 Å². The molecule has 2 N–H and O–H groups in total. The summed E-state index contributed by atoms with van der Waals surface area (Å²) in [6.45, 7) is 4.24. The molecular weight excluding hydrogens is 381 g/mol. The van der Waals surface area contributed by atoms with Gasteiger partial charge in [0, 0.05) is 13.0 Å². The molecule has 144 valence electrons. The Morgan fingerprint density at radius 2 is 2.11 bits per heavy atom. The van der Waals surface area contributed by atoms with Gasteiger partial charge in [-0.1, -0.05) is 0 Å². The number of esters is 1. The number of anilines is 1. The summed E-state index contributed by atoms with van der Waals surface area (Å²) in [5, 5.41) is 4.14. The zero-order valence-corrected chi connectivity index (χ0v) is 16.4. The second-order valence-electron chi connectivity index (χ2n) is 6.37. The van der Waals surface area contributed by atoms with Crippen LogP contribution in [0.4, 0.5) is 10.2 Å². The maximum atomic E-state index is 13.3. The number of methoxy groups -OCH3 is 1. The number of benzene rings is 1. The van der Waals surface area contributed by atoms with Crippen LogP contribution < -0.4 is 5.32 Å². The van der Waals surface area contributed by atoms with Crippen LogP contribution in [-0.4, -0.2) is 39.6 Å². The Hall–Kier alpha value is -3.07. The van der Waals surface area contributed by atoms with Gasteiger partial charge in [-0.3, -0.25) is 0 Å². The molecule has 7 nitrogen and oxygen atoms in total. The lowest BCUT2D eigenvalue weighted by Crippen LogP contribution is -2.09. The molecule has 1 aromatic carbocycles. The van der Waals surface area contributed by atoms with Crippen LogP contribution in [0.25, 0.3) is 21.3 Å². The van der Waals surface area contributed by atoms with E-state index in [-0.39, 0.29) is 11.8 Å². The third-order valence-corrected chi connectivity index (χ3v) is 5.59. The van der Waals surface area contributed by atoms with Gasteiger partial charge < -0.3 is 15.0 Å². The number of thiophene rings is 1. The van der Waals surface area contributed by atoms with Crippen LogP contribution in [0.3, 0.4) is 0 Å². The first-order valence-electron chi connectivity index (χ1n) is 8.70. The molecule has 3 heterocycles. The van der Waals surface area contributed by atoms with Crippen molar-refractivity contribution < 1.29 is 13.9 Å². The van der Waals surface area contributed by atoms with Crippen LogP contribution in [0.5, 0.6) is 0 Å². The quantitative estimate of drug-likeness (QED) is 0.496. The van der Waals surface area contributed by atoms with Crippen molar-refractivity contribution >= 4 is 44.4 Å². The number of aromatic amines is 1. The largest absolute Gasteiger partial charge is 0.465 e. The number of aryl methyl sites for hydroxylation is 2. The monoisotopic (exact) mass is 399 g/mol. The lowest BCUT2D eigenvalue weighted by molar-refractivity contribution is 0.0605. The van der Waals surface area contributed by atoms with Crippen LogP contribution >= 0.6 is 11.3 Å². The summed E-state index contributed by atoms with van der Waals surface area (Å²) in [4.78, 5) is 29.8. The Morgan fingerprint density at radius 3 is 2.89 bits per heavy atom. The maximum Gasteiger partial charge on any atom is 0.348 e. The first-order valence-corrected chi connectivity index (χ1v) is 9.52. The zero-order valence-electron chi connectivity index (χ0n) is 15.6. The van der Waals surface area contributed by atoms with Gasteiger partial charge in [-0.2, -0.15) is 0 Å². The highest BCUT2D eigenvalue weighted by molar-refractivity contribution is 7.20. The van der Waals surface area contributed by atoms with Crippen molar-refractivity contribution in [2.45, 2.75) is 20.3 Å². The Labute approximate surface area is 164 Å². The summed E-state index contributed by atoms with van der Waals surface area (Å²) in [6, 6.07) is 4.47. The van der Waals surface area contributed by atoms with E-state index in [1.807, 2.05) is 13.8 Å². The number of rotatable bonds is 5. The number of ether oxygens (including phenoxy) is 1. The first kappa shape index (κ1) is 18.3.